The van der Waals surface area contributed by atoms with Crippen molar-refractivity contribution in [3.05, 3.63) is 63.6 Å². The van der Waals surface area contributed by atoms with Crippen molar-refractivity contribution in [2.75, 3.05) is 18.8 Å². The minimum absolute atomic E-state index is 0.0659. The van der Waals surface area contributed by atoms with Gasteiger partial charge in [0.15, 0.2) is 0 Å². The molecule has 0 saturated carbocycles. The van der Waals surface area contributed by atoms with Crippen molar-refractivity contribution in [1.29, 1.82) is 0 Å². The standard InChI is InChI=1S/C21H21BrN2O3S/c1-14-4-7-16(8-5-14)28-12-10-23-19(25)3-2-11-24-20(26)17-9-6-15(22)13-18(17)21(24)27/h4-9,13H,2-3,10-12H2,1H3,(H,23,25). The lowest BCUT2D eigenvalue weighted by molar-refractivity contribution is -0.121. The molecule has 0 radical (unpaired) electrons. The van der Waals surface area contributed by atoms with Crippen molar-refractivity contribution in [1.82, 2.24) is 10.2 Å². The van der Waals surface area contributed by atoms with Crippen LogP contribution >= 0.6 is 27.7 Å². The van der Waals surface area contributed by atoms with Gasteiger partial charge < -0.3 is 5.32 Å². The summed E-state index contributed by atoms with van der Waals surface area (Å²) in [6.45, 7) is 2.88. The molecular formula is C21H21BrN2O3S. The SMILES string of the molecule is Cc1ccc(SCCNC(=O)CCCN2C(=O)c3ccc(Br)cc3C2=O)cc1. The van der Waals surface area contributed by atoms with Crippen molar-refractivity contribution in [3.63, 3.8) is 0 Å². The zero-order valence-electron chi connectivity index (χ0n) is 15.5. The molecule has 1 heterocycles. The summed E-state index contributed by atoms with van der Waals surface area (Å²) in [5, 5.41) is 2.88. The number of halogens is 1. The molecule has 2 aromatic carbocycles. The first-order valence-electron chi connectivity index (χ1n) is 9.07. The highest BCUT2D eigenvalue weighted by Gasteiger charge is 2.35. The molecule has 0 saturated heterocycles. The lowest BCUT2D eigenvalue weighted by Gasteiger charge is -2.13. The average Bonchev–Trinajstić information content (AvgIpc) is 2.91. The number of carbonyl (C=O) groups excluding carboxylic acids is 3. The third-order valence-electron chi connectivity index (χ3n) is 4.43. The monoisotopic (exact) mass is 460 g/mol. The maximum atomic E-state index is 12.4. The molecule has 146 valence electrons. The lowest BCUT2D eigenvalue weighted by atomic mass is 10.1. The van der Waals surface area contributed by atoms with E-state index in [1.807, 2.05) is 0 Å². The van der Waals surface area contributed by atoms with Crippen LogP contribution in [0.2, 0.25) is 0 Å². The van der Waals surface area contributed by atoms with Crippen LogP contribution in [0.5, 0.6) is 0 Å². The molecule has 3 amide bonds. The van der Waals surface area contributed by atoms with Crippen LogP contribution in [0, 0.1) is 6.92 Å². The number of rotatable bonds is 8. The Hall–Kier alpha value is -2.12. The Morgan fingerprint density at radius 1 is 1.07 bits per heavy atom. The molecule has 5 nitrogen and oxygen atoms in total. The van der Waals surface area contributed by atoms with Crippen LogP contribution in [0.15, 0.2) is 51.8 Å². The highest BCUT2D eigenvalue weighted by Crippen LogP contribution is 2.26. The fourth-order valence-electron chi connectivity index (χ4n) is 2.95. The number of imide groups is 1. The van der Waals surface area contributed by atoms with E-state index in [1.54, 1.807) is 30.0 Å². The van der Waals surface area contributed by atoms with Crippen LogP contribution in [-0.2, 0) is 4.79 Å². The Morgan fingerprint density at radius 3 is 2.54 bits per heavy atom. The third-order valence-corrected chi connectivity index (χ3v) is 5.94. The first-order valence-corrected chi connectivity index (χ1v) is 10.9. The van der Waals surface area contributed by atoms with Crippen molar-refractivity contribution in [2.24, 2.45) is 0 Å². The molecule has 1 aliphatic heterocycles. The Morgan fingerprint density at radius 2 is 1.79 bits per heavy atom. The molecular weight excluding hydrogens is 440 g/mol. The normalized spacial score (nSPS) is 13.0. The molecule has 2 aromatic rings. The molecule has 0 unspecified atom stereocenters. The van der Waals surface area contributed by atoms with E-state index in [1.165, 1.54) is 15.4 Å². The molecule has 0 atom stereocenters. The summed E-state index contributed by atoms with van der Waals surface area (Å²) in [7, 11) is 0. The van der Waals surface area contributed by atoms with Crippen molar-refractivity contribution >= 4 is 45.4 Å². The first kappa shape index (κ1) is 20.6. The third kappa shape index (κ3) is 5.02. The van der Waals surface area contributed by atoms with Gasteiger partial charge in [-0.2, -0.15) is 0 Å². The zero-order chi connectivity index (χ0) is 20.1. The summed E-state index contributed by atoms with van der Waals surface area (Å²) in [6.07, 6.45) is 0.732. The number of amides is 3. The predicted octanol–water partition coefficient (Wildman–Crippen LogP) is 4.04. The second-order valence-electron chi connectivity index (χ2n) is 6.57. The number of thioether (sulfide) groups is 1. The van der Waals surface area contributed by atoms with E-state index in [0.717, 1.165) is 10.2 Å². The number of nitrogens with zero attached hydrogens (tertiary/aromatic N) is 1. The number of fused-ring (bicyclic) bond motifs is 1. The largest absolute Gasteiger partial charge is 0.355 e. The van der Waals surface area contributed by atoms with E-state index in [-0.39, 0.29) is 30.7 Å². The van der Waals surface area contributed by atoms with Gasteiger partial charge in [-0.1, -0.05) is 33.6 Å². The van der Waals surface area contributed by atoms with Crippen LogP contribution in [0.4, 0.5) is 0 Å². The number of hydrogen-bond acceptors (Lipinski definition) is 4. The summed E-state index contributed by atoms with van der Waals surface area (Å²) in [4.78, 5) is 39.1. The first-order chi connectivity index (χ1) is 13.5. The lowest BCUT2D eigenvalue weighted by Crippen LogP contribution is -2.32. The van der Waals surface area contributed by atoms with Gasteiger partial charge in [-0.05, 0) is 43.7 Å². The Balaban J connectivity index is 1.37. The molecule has 0 fully saturated rings. The molecule has 1 N–H and O–H groups in total. The minimum Gasteiger partial charge on any atom is -0.355 e. The summed E-state index contributed by atoms with van der Waals surface area (Å²) < 4.78 is 0.761. The second kappa shape index (κ2) is 9.39. The number of aryl methyl sites for hydroxylation is 1. The van der Waals surface area contributed by atoms with Gasteiger partial charge in [0.25, 0.3) is 11.8 Å². The zero-order valence-corrected chi connectivity index (χ0v) is 17.9. The fraction of sp³-hybridized carbons (Fsp3) is 0.286. The highest BCUT2D eigenvalue weighted by atomic mass is 79.9. The summed E-state index contributed by atoms with van der Waals surface area (Å²) in [6, 6.07) is 13.3. The maximum Gasteiger partial charge on any atom is 0.261 e. The van der Waals surface area contributed by atoms with Gasteiger partial charge >= 0.3 is 0 Å². The van der Waals surface area contributed by atoms with E-state index in [2.05, 4.69) is 52.4 Å². The minimum atomic E-state index is -0.295. The average molecular weight is 461 g/mol. The quantitative estimate of drug-likeness (QED) is 0.366. The molecule has 28 heavy (non-hydrogen) atoms. The molecule has 3 rings (SSSR count). The summed E-state index contributed by atoms with van der Waals surface area (Å²) in [5.41, 5.74) is 2.06. The van der Waals surface area contributed by atoms with Gasteiger partial charge in [0, 0.05) is 34.6 Å². The number of hydrogen-bond donors (Lipinski definition) is 1. The highest BCUT2D eigenvalue weighted by molar-refractivity contribution is 9.10. The molecule has 0 spiro atoms. The molecule has 0 aliphatic carbocycles. The maximum absolute atomic E-state index is 12.4. The Labute approximate surface area is 177 Å². The topological polar surface area (TPSA) is 66.5 Å². The number of carbonyl (C=O) groups is 3. The van der Waals surface area contributed by atoms with Gasteiger partial charge in [0.2, 0.25) is 5.91 Å². The smallest absolute Gasteiger partial charge is 0.261 e. The fourth-order valence-corrected chi connectivity index (χ4v) is 4.08. The van der Waals surface area contributed by atoms with E-state index < -0.39 is 0 Å². The van der Waals surface area contributed by atoms with Crippen molar-refractivity contribution < 1.29 is 14.4 Å². The van der Waals surface area contributed by atoms with E-state index in [4.69, 9.17) is 0 Å². The Kier molecular flexibility index (Phi) is 6.91. The predicted molar refractivity (Wildman–Crippen MR) is 114 cm³/mol. The van der Waals surface area contributed by atoms with Gasteiger partial charge in [-0.25, -0.2) is 0 Å². The summed E-state index contributed by atoms with van der Waals surface area (Å²) in [5.74, 6) is 0.143. The van der Waals surface area contributed by atoms with Gasteiger partial charge in [0.1, 0.15) is 0 Å². The number of nitrogens with one attached hydrogen (secondary N) is 1. The van der Waals surface area contributed by atoms with Crippen molar-refractivity contribution in [3.8, 4) is 0 Å². The Bertz CT molecular complexity index is 899. The van der Waals surface area contributed by atoms with Crippen LogP contribution in [0.25, 0.3) is 0 Å². The van der Waals surface area contributed by atoms with Gasteiger partial charge in [-0.15, -0.1) is 11.8 Å². The van der Waals surface area contributed by atoms with Gasteiger partial charge in [-0.3, -0.25) is 19.3 Å². The van der Waals surface area contributed by atoms with Crippen LogP contribution in [-0.4, -0.2) is 41.5 Å². The molecule has 0 bridgehead atoms. The molecule has 0 aromatic heterocycles. The van der Waals surface area contributed by atoms with Crippen LogP contribution in [0.1, 0.15) is 39.1 Å². The van der Waals surface area contributed by atoms with E-state index in [0.29, 0.717) is 24.1 Å². The van der Waals surface area contributed by atoms with Crippen molar-refractivity contribution in [2.45, 2.75) is 24.7 Å². The number of benzene rings is 2. The molecule has 1 aliphatic rings. The summed E-state index contributed by atoms with van der Waals surface area (Å²) >= 11 is 5.01. The van der Waals surface area contributed by atoms with E-state index >= 15 is 0 Å². The van der Waals surface area contributed by atoms with E-state index in [9.17, 15) is 14.4 Å². The molecule has 7 heteroatoms. The van der Waals surface area contributed by atoms with Gasteiger partial charge in [0.05, 0.1) is 11.1 Å². The second-order valence-corrected chi connectivity index (χ2v) is 8.65. The van der Waals surface area contributed by atoms with Crippen LogP contribution in [0.3, 0.4) is 0 Å². The van der Waals surface area contributed by atoms with Crippen LogP contribution < -0.4 is 5.32 Å².